The van der Waals surface area contributed by atoms with Crippen LogP contribution in [0.2, 0.25) is 0 Å². The van der Waals surface area contributed by atoms with Crippen LogP contribution < -0.4 is 0 Å². The number of rotatable bonds is 2. The van der Waals surface area contributed by atoms with Gasteiger partial charge in [0.05, 0.1) is 17.1 Å². The van der Waals surface area contributed by atoms with Gasteiger partial charge in [0.25, 0.3) is 0 Å². The molecule has 0 aliphatic rings. The molecule has 0 saturated carbocycles. The summed E-state index contributed by atoms with van der Waals surface area (Å²) in [6.45, 7) is 0. The Labute approximate surface area is 108 Å². The van der Waals surface area contributed by atoms with E-state index in [1.807, 2.05) is 23.6 Å². The lowest BCUT2D eigenvalue weighted by atomic mass is 10.1. The number of nitrogens with zero attached hydrogens (tertiary/aromatic N) is 2. The standard InChI is InChI=1S/C13H9ClN2S/c14-7-11-8-17-13(16-11)10-3-4-12-9(6-10)2-1-5-15-12/h1-6,8H,7H2. The molecule has 2 nitrogen and oxygen atoms in total. The minimum Gasteiger partial charge on any atom is -0.256 e. The van der Waals surface area contributed by atoms with Crippen LogP contribution in [-0.4, -0.2) is 9.97 Å². The van der Waals surface area contributed by atoms with Crippen molar-refractivity contribution in [2.24, 2.45) is 0 Å². The molecule has 3 aromatic rings. The predicted molar refractivity (Wildman–Crippen MR) is 72.4 cm³/mol. The van der Waals surface area contributed by atoms with Crippen molar-refractivity contribution in [2.75, 3.05) is 0 Å². The lowest BCUT2D eigenvalue weighted by molar-refractivity contribution is 1.23. The third-order valence-electron chi connectivity index (χ3n) is 2.54. The number of hydrogen-bond donors (Lipinski definition) is 0. The highest BCUT2D eigenvalue weighted by Crippen LogP contribution is 2.26. The minimum absolute atomic E-state index is 0.464. The van der Waals surface area contributed by atoms with Crippen molar-refractivity contribution in [1.29, 1.82) is 0 Å². The Morgan fingerprint density at radius 2 is 2.18 bits per heavy atom. The van der Waals surface area contributed by atoms with Gasteiger partial charge in [0.2, 0.25) is 0 Å². The number of fused-ring (bicyclic) bond motifs is 1. The van der Waals surface area contributed by atoms with Crippen molar-refractivity contribution in [3.05, 3.63) is 47.6 Å². The van der Waals surface area contributed by atoms with Gasteiger partial charge in [0, 0.05) is 22.5 Å². The summed E-state index contributed by atoms with van der Waals surface area (Å²) in [6.07, 6.45) is 1.80. The van der Waals surface area contributed by atoms with Gasteiger partial charge in [-0.3, -0.25) is 4.98 Å². The molecule has 0 radical (unpaired) electrons. The maximum absolute atomic E-state index is 5.76. The Hall–Kier alpha value is -1.45. The summed E-state index contributed by atoms with van der Waals surface area (Å²) >= 11 is 7.38. The first kappa shape index (κ1) is 10.7. The average molecular weight is 261 g/mol. The largest absolute Gasteiger partial charge is 0.256 e. The van der Waals surface area contributed by atoms with Gasteiger partial charge in [0.15, 0.2) is 0 Å². The van der Waals surface area contributed by atoms with E-state index in [1.165, 1.54) is 0 Å². The van der Waals surface area contributed by atoms with Crippen LogP contribution in [0.15, 0.2) is 41.9 Å². The molecule has 0 unspecified atom stereocenters. The molecule has 0 saturated heterocycles. The first-order valence-corrected chi connectivity index (χ1v) is 6.64. The zero-order chi connectivity index (χ0) is 11.7. The number of benzene rings is 1. The number of aromatic nitrogens is 2. The average Bonchev–Trinajstić information content (AvgIpc) is 2.87. The fraction of sp³-hybridized carbons (Fsp3) is 0.0769. The van der Waals surface area contributed by atoms with E-state index >= 15 is 0 Å². The molecule has 0 amide bonds. The van der Waals surface area contributed by atoms with Gasteiger partial charge in [-0.1, -0.05) is 6.07 Å². The van der Waals surface area contributed by atoms with E-state index < -0.39 is 0 Å². The topological polar surface area (TPSA) is 25.8 Å². The van der Waals surface area contributed by atoms with E-state index in [2.05, 4.69) is 22.1 Å². The second-order valence-corrected chi connectivity index (χ2v) is 4.81. The van der Waals surface area contributed by atoms with Crippen LogP contribution in [0.3, 0.4) is 0 Å². The molecule has 84 valence electrons. The van der Waals surface area contributed by atoms with Crippen LogP contribution in [0, 0.1) is 0 Å². The van der Waals surface area contributed by atoms with Crippen LogP contribution in [0.1, 0.15) is 5.69 Å². The quantitative estimate of drug-likeness (QED) is 0.649. The van der Waals surface area contributed by atoms with E-state index in [9.17, 15) is 0 Å². The van der Waals surface area contributed by atoms with Gasteiger partial charge in [-0.05, 0) is 24.3 Å². The lowest BCUT2D eigenvalue weighted by Crippen LogP contribution is -1.81. The number of hydrogen-bond acceptors (Lipinski definition) is 3. The highest BCUT2D eigenvalue weighted by Gasteiger charge is 2.05. The van der Waals surface area contributed by atoms with Crippen molar-refractivity contribution in [3.63, 3.8) is 0 Å². The maximum atomic E-state index is 5.76. The van der Waals surface area contributed by atoms with Crippen LogP contribution in [0.5, 0.6) is 0 Å². The third kappa shape index (κ3) is 2.04. The van der Waals surface area contributed by atoms with Crippen LogP contribution >= 0.6 is 22.9 Å². The van der Waals surface area contributed by atoms with Crippen molar-refractivity contribution < 1.29 is 0 Å². The molecule has 17 heavy (non-hydrogen) atoms. The molecule has 0 fully saturated rings. The molecule has 0 N–H and O–H groups in total. The summed E-state index contributed by atoms with van der Waals surface area (Å²) in [4.78, 5) is 8.77. The monoisotopic (exact) mass is 260 g/mol. The third-order valence-corrected chi connectivity index (χ3v) is 3.75. The van der Waals surface area contributed by atoms with E-state index in [0.29, 0.717) is 5.88 Å². The molecule has 0 bridgehead atoms. The van der Waals surface area contributed by atoms with Crippen LogP contribution in [0.25, 0.3) is 21.5 Å². The lowest BCUT2D eigenvalue weighted by Gasteiger charge is -1.99. The summed E-state index contributed by atoms with van der Waals surface area (Å²) in [7, 11) is 0. The molecule has 3 rings (SSSR count). The molecular formula is C13H9ClN2S. The molecule has 0 atom stereocenters. The van der Waals surface area contributed by atoms with Gasteiger partial charge in [-0.2, -0.15) is 0 Å². The van der Waals surface area contributed by atoms with Gasteiger partial charge < -0.3 is 0 Å². The van der Waals surface area contributed by atoms with Crippen LogP contribution in [0.4, 0.5) is 0 Å². The summed E-state index contributed by atoms with van der Waals surface area (Å²) < 4.78 is 0. The summed E-state index contributed by atoms with van der Waals surface area (Å²) in [5.74, 6) is 0.464. The van der Waals surface area contributed by atoms with Gasteiger partial charge in [0.1, 0.15) is 5.01 Å². The maximum Gasteiger partial charge on any atom is 0.123 e. The fourth-order valence-corrected chi connectivity index (χ4v) is 2.75. The molecule has 1 aromatic carbocycles. The van der Waals surface area contributed by atoms with Crippen LogP contribution in [-0.2, 0) is 5.88 Å². The number of halogens is 1. The van der Waals surface area contributed by atoms with E-state index in [-0.39, 0.29) is 0 Å². The summed E-state index contributed by atoms with van der Waals surface area (Å²) in [6, 6.07) is 10.2. The Morgan fingerprint density at radius 3 is 3.00 bits per heavy atom. The van der Waals surface area contributed by atoms with Gasteiger partial charge in [-0.25, -0.2) is 4.98 Å². The number of alkyl halides is 1. The van der Waals surface area contributed by atoms with Gasteiger partial charge >= 0.3 is 0 Å². The smallest absolute Gasteiger partial charge is 0.123 e. The van der Waals surface area contributed by atoms with E-state index in [0.717, 1.165) is 27.2 Å². The predicted octanol–water partition coefficient (Wildman–Crippen LogP) is 4.10. The first-order valence-electron chi connectivity index (χ1n) is 5.22. The highest BCUT2D eigenvalue weighted by atomic mass is 35.5. The van der Waals surface area contributed by atoms with E-state index in [4.69, 9.17) is 11.6 Å². The zero-order valence-corrected chi connectivity index (χ0v) is 10.5. The molecule has 0 spiro atoms. The molecule has 2 heterocycles. The van der Waals surface area contributed by atoms with Crippen molar-refractivity contribution >= 4 is 33.8 Å². The summed E-state index contributed by atoms with van der Waals surface area (Å²) in [5, 5.41) is 4.13. The zero-order valence-electron chi connectivity index (χ0n) is 8.93. The molecule has 0 aliphatic heterocycles. The Morgan fingerprint density at radius 1 is 1.24 bits per heavy atom. The fourth-order valence-electron chi connectivity index (χ4n) is 1.71. The minimum atomic E-state index is 0.464. The molecule has 2 aromatic heterocycles. The molecule has 4 heteroatoms. The molecule has 0 aliphatic carbocycles. The summed E-state index contributed by atoms with van der Waals surface area (Å²) in [5.41, 5.74) is 3.05. The van der Waals surface area contributed by atoms with Gasteiger partial charge in [-0.15, -0.1) is 22.9 Å². The SMILES string of the molecule is ClCc1csc(-c2ccc3ncccc3c2)n1. The second-order valence-electron chi connectivity index (χ2n) is 3.69. The van der Waals surface area contributed by atoms with Crippen molar-refractivity contribution in [3.8, 4) is 10.6 Å². The van der Waals surface area contributed by atoms with Crippen molar-refractivity contribution in [2.45, 2.75) is 5.88 Å². The highest BCUT2D eigenvalue weighted by molar-refractivity contribution is 7.13. The second kappa shape index (κ2) is 4.43. The molecular weight excluding hydrogens is 252 g/mol. The number of thiazole rings is 1. The first-order chi connectivity index (χ1) is 8.36. The van der Waals surface area contributed by atoms with E-state index in [1.54, 1.807) is 17.5 Å². The normalized spacial score (nSPS) is 10.9. The van der Waals surface area contributed by atoms with Crippen molar-refractivity contribution in [1.82, 2.24) is 9.97 Å². The Kier molecular flexibility index (Phi) is 2.79. The number of pyridine rings is 1. The Balaban J connectivity index is 2.11. The Bertz CT molecular complexity index is 663.